The molecule has 1 fully saturated rings. The molecule has 1 saturated carbocycles. The number of nitrogens with zero attached hydrogens (tertiary/aromatic N) is 1. The van der Waals surface area contributed by atoms with Gasteiger partial charge in [-0.15, -0.1) is 11.3 Å². The van der Waals surface area contributed by atoms with Gasteiger partial charge in [0.1, 0.15) is 0 Å². The number of carboxylic acids is 1. The van der Waals surface area contributed by atoms with Crippen molar-refractivity contribution in [2.45, 2.75) is 18.9 Å². The number of hydrogen-bond acceptors (Lipinski definition) is 4. The Labute approximate surface area is 125 Å². The molecule has 0 radical (unpaired) electrons. The van der Waals surface area contributed by atoms with Crippen LogP contribution in [0, 0.1) is 5.92 Å². The number of benzene rings is 1. The van der Waals surface area contributed by atoms with Crippen molar-refractivity contribution < 1.29 is 14.7 Å². The first-order valence-corrected chi connectivity index (χ1v) is 7.50. The molecule has 0 unspecified atom stereocenters. The summed E-state index contributed by atoms with van der Waals surface area (Å²) in [6.45, 7) is 0. The van der Waals surface area contributed by atoms with Gasteiger partial charge in [-0.2, -0.15) is 0 Å². The molecule has 0 spiro atoms. The second-order valence-corrected chi connectivity index (χ2v) is 6.10. The van der Waals surface area contributed by atoms with E-state index in [1.165, 1.54) is 11.3 Å². The number of aromatic nitrogens is 1. The van der Waals surface area contributed by atoms with Gasteiger partial charge in [-0.3, -0.25) is 9.59 Å². The fourth-order valence-electron chi connectivity index (χ4n) is 2.30. The van der Waals surface area contributed by atoms with Crippen molar-refractivity contribution in [2.75, 3.05) is 0 Å². The molecule has 21 heavy (non-hydrogen) atoms. The Morgan fingerprint density at radius 3 is 2.62 bits per heavy atom. The summed E-state index contributed by atoms with van der Waals surface area (Å²) in [5.74, 6) is -1.34. The molecule has 1 aromatic carbocycles. The molecule has 1 aliphatic carbocycles. The Hall–Kier alpha value is -2.21. The predicted octanol–water partition coefficient (Wildman–Crippen LogP) is 2.40. The second kappa shape index (κ2) is 5.65. The van der Waals surface area contributed by atoms with E-state index in [2.05, 4.69) is 10.3 Å². The van der Waals surface area contributed by atoms with Crippen molar-refractivity contribution in [3.05, 3.63) is 41.5 Å². The fraction of sp³-hybridized carbons (Fsp3) is 0.267. The molecule has 1 aromatic heterocycles. The van der Waals surface area contributed by atoms with Gasteiger partial charge >= 0.3 is 5.97 Å². The number of hydrogen-bond donors (Lipinski definition) is 2. The van der Waals surface area contributed by atoms with Crippen molar-refractivity contribution in [2.24, 2.45) is 5.92 Å². The van der Waals surface area contributed by atoms with Gasteiger partial charge in [-0.1, -0.05) is 30.3 Å². The Bertz CT molecular complexity index is 663. The lowest BCUT2D eigenvalue weighted by atomic mass is 9.80. The minimum absolute atomic E-state index is 0.0531. The first-order chi connectivity index (χ1) is 10.1. The van der Waals surface area contributed by atoms with E-state index < -0.39 is 5.97 Å². The number of nitrogens with one attached hydrogen (secondary N) is 1. The van der Waals surface area contributed by atoms with Crippen molar-refractivity contribution in [1.29, 1.82) is 0 Å². The zero-order valence-corrected chi connectivity index (χ0v) is 12.0. The largest absolute Gasteiger partial charge is 0.481 e. The number of rotatable bonds is 4. The van der Waals surface area contributed by atoms with Crippen LogP contribution in [0.5, 0.6) is 0 Å². The molecular weight excluding hydrogens is 288 g/mol. The van der Waals surface area contributed by atoms with E-state index in [0.717, 1.165) is 10.4 Å². The average molecular weight is 302 g/mol. The predicted molar refractivity (Wildman–Crippen MR) is 79.2 cm³/mol. The minimum Gasteiger partial charge on any atom is -0.481 e. The highest BCUT2D eigenvalue weighted by atomic mass is 32.1. The van der Waals surface area contributed by atoms with Gasteiger partial charge in [-0.05, 0) is 18.4 Å². The van der Waals surface area contributed by atoms with Crippen LogP contribution in [0.15, 0.2) is 36.5 Å². The van der Waals surface area contributed by atoms with Crippen molar-refractivity contribution >= 4 is 23.2 Å². The fourth-order valence-corrected chi connectivity index (χ4v) is 3.12. The van der Waals surface area contributed by atoms with E-state index in [-0.39, 0.29) is 17.9 Å². The Morgan fingerprint density at radius 2 is 1.95 bits per heavy atom. The van der Waals surface area contributed by atoms with Gasteiger partial charge in [0, 0.05) is 12.2 Å². The highest BCUT2D eigenvalue weighted by molar-refractivity contribution is 7.16. The molecule has 5 nitrogen and oxygen atoms in total. The smallest absolute Gasteiger partial charge is 0.306 e. The molecule has 2 aromatic rings. The zero-order valence-electron chi connectivity index (χ0n) is 11.2. The number of carboxylic acid groups (broad SMARTS) is 1. The summed E-state index contributed by atoms with van der Waals surface area (Å²) in [4.78, 5) is 27.9. The van der Waals surface area contributed by atoms with E-state index in [1.807, 2.05) is 30.3 Å². The van der Waals surface area contributed by atoms with E-state index >= 15 is 0 Å². The lowest BCUT2D eigenvalue weighted by Gasteiger charge is -2.32. The van der Waals surface area contributed by atoms with Crippen LogP contribution in [0.25, 0.3) is 10.4 Å². The number of amides is 1. The number of carbonyl (C=O) groups excluding carboxylic acids is 1. The third kappa shape index (κ3) is 2.95. The lowest BCUT2D eigenvalue weighted by molar-refractivity contribution is -0.145. The third-order valence-electron chi connectivity index (χ3n) is 3.58. The molecular formula is C15H14N2O3S. The molecule has 6 heteroatoms. The molecule has 0 saturated heterocycles. The Morgan fingerprint density at radius 1 is 1.24 bits per heavy atom. The maximum absolute atomic E-state index is 12.1. The molecule has 3 rings (SSSR count). The van der Waals surface area contributed by atoms with Crippen LogP contribution in [0.3, 0.4) is 0 Å². The summed E-state index contributed by atoms with van der Waals surface area (Å²) in [5, 5.41) is 12.0. The number of carbonyl (C=O) groups is 2. The van der Waals surface area contributed by atoms with Crippen LogP contribution >= 0.6 is 11.3 Å². The topological polar surface area (TPSA) is 79.3 Å². The molecule has 1 aliphatic rings. The van der Waals surface area contributed by atoms with Gasteiger partial charge in [0.15, 0.2) is 5.01 Å². The molecule has 1 amide bonds. The molecule has 0 aliphatic heterocycles. The second-order valence-electron chi connectivity index (χ2n) is 5.07. The lowest BCUT2D eigenvalue weighted by Crippen LogP contribution is -2.46. The molecule has 0 bridgehead atoms. The summed E-state index contributed by atoms with van der Waals surface area (Å²) < 4.78 is 0. The van der Waals surface area contributed by atoms with E-state index in [4.69, 9.17) is 5.11 Å². The number of thiazole rings is 1. The molecule has 1 heterocycles. The minimum atomic E-state index is -0.791. The molecule has 108 valence electrons. The highest BCUT2D eigenvalue weighted by Crippen LogP contribution is 2.29. The van der Waals surface area contributed by atoms with Crippen LogP contribution in [-0.2, 0) is 4.79 Å². The quantitative estimate of drug-likeness (QED) is 0.909. The van der Waals surface area contributed by atoms with E-state index in [9.17, 15) is 9.59 Å². The van der Waals surface area contributed by atoms with E-state index in [1.54, 1.807) is 6.20 Å². The summed E-state index contributed by atoms with van der Waals surface area (Å²) in [7, 11) is 0. The highest BCUT2D eigenvalue weighted by Gasteiger charge is 2.35. The monoisotopic (exact) mass is 302 g/mol. The molecule has 2 N–H and O–H groups in total. The van der Waals surface area contributed by atoms with Crippen molar-refractivity contribution in [3.8, 4) is 10.4 Å². The maximum Gasteiger partial charge on any atom is 0.306 e. The van der Waals surface area contributed by atoms with Gasteiger partial charge < -0.3 is 10.4 Å². The first-order valence-electron chi connectivity index (χ1n) is 6.68. The van der Waals surface area contributed by atoms with Gasteiger partial charge in [-0.25, -0.2) is 4.98 Å². The summed E-state index contributed by atoms with van der Waals surface area (Å²) in [6.07, 6.45) is 2.69. The molecule has 0 atom stereocenters. The van der Waals surface area contributed by atoms with Gasteiger partial charge in [0.25, 0.3) is 5.91 Å². The summed E-state index contributed by atoms with van der Waals surface area (Å²) >= 11 is 1.34. The summed E-state index contributed by atoms with van der Waals surface area (Å²) in [5.41, 5.74) is 1.03. The first kappa shape index (κ1) is 13.8. The Kier molecular flexibility index (Phi) is 3.70. The van der Waals surface area contributed by atoms with Crippen LogP contribution in [0.4, 0.5) is 0 Å². The number of aliphatic carboxylic acids is 1. The maximum atomic E-state index is 12.1. The Balaban J connectivity index is 1.62. The van der Waals surface area contributed by atoms with Crippen molar-refractivity contribution in [3.63, 3.8) is 0 Å². The third-order valence-corrected chi connectivity index (χ3v) is 4.63. The summed E-state index contributed by atoms with van der Waals surface area (Å²) in [6, 6.07) is 9.71. The van der Waals surface area contributed by atoms with Gasteiger partial charge in [0.2, 0.25) is 0 Å². The van der Waals surface area contributed by atoms with Crippen LogP contribution in [0.2, 0.25) is 0 Å². The van der Waals surface area contributed by atoms with Crippen LogP contribution < -0.4 is 5.32 Å². The average Bonchev–Trinajstić information content (AvgIpc) is 2.92. The van der Waals surface area contributed by atoms with Crippen LogP contribution in [0.1, 0.15) is 22.6 Å². The normalized spacial score (nSPS) is 20.6. The standard InChI is InChI=1S/C15H14N2O3S/c18-13(17-11-6-10(7-11)15(19)20)14-16-8-12(21-14)9-4-2-1-3-5-9/h1-5,8,10-11H,6-7H2,(H,17,18)(H,19,20)/t10-,11-. The van der Waals surface area contributed by atoms with Crippen molar-refractivity contribution in [1.82, 2.24) is 10.3 Å². The van der Waals surface area contributed by atoms with Gasteiger partial charge in [0.05, 0.1) is 10.8 Å². The zero-order chi connectivity index (χ0) is 14.8. The van der Waals surface area contributed by atoms with Crippen LogP contribution in [-0.4, -0.2) is 28.0 Å². The van der Waals surface area contributed by atoms with E-state index in [0.29, 0.717) is 17.8 Å². The SMILES string of the molecule is O=C(N[C@H]1C[C@H](C(=O)O)C1)c1ncc(-c2ccccc2)s1.